The summed E-state index contributed by atoms with van der Waals surface area (Å²) in [4.78, 5) is 57.1. The first-order valence-corrected chi connectivity index (χ1v) is 11.3. The summed E-state index contributed by atoms with van der Waals surface area (Å²) in [5.74, 6) is -0.596. The average Bonchev–Trinajstić information content (AvgIpc) is 3.17. The molecule has 11 nitrogen and oxygen atoms in total. The molecular formula is C23H34N6O5. The van der Waals surface area contributed by atoms with Gasteiger partial charge in [-0.2, -0.15) is 0 Å². The van der Waals surface area contributed by atoms with Gasteiger partial charge in [0.2, 0.25) is 17.7 Å². The van der Waals surface area contributed by atoms with Crippen LogP contribution in [0.15, 0.2) is 24.3 Å². The molecule has 11 heteroatoms. The molecule has 0 radical (unpaired) electrons. The van der Waals surface area contributed by atoms with E-state index in [-0.39, 0.29) is 56.0 Å². The Morgan fingerprint density at radius 2 is 1.91 bits per heavy atom. The van der Waals surface area contributed by atoms with Crippen LogP contribution in [-0.2, 0) is 14.4 Å². The Hall–Kier alpha value is -3.18. The number of likely N-dealkylation sites (N-methyl/N-ethyl adjacent to an activating group) is 3. The second kappa shape index (κ2) is 10.8. The van der Waals surface area contributed by atoms with E-state index in [0.29, 0.717) is 24.3 Å². The molecular weight excluding hydrogens is 440 g/mol. The number of rotatable bonds is 3. The maximum absolute atomic E-state index is 13.1. The van der Waals surface area contributed by atoms with Gasteiger partial charge >= 0.3 is 0 Å². The van der Waals surface area contributed by atoms with Crippen molar-refractivity contribution in [3.05, 3.63) is 29.8 Å². The number of carbonyl (C=O) groups is 4. The monoisotopic (exact) mass is 474 g/mol. The van der Waals surface area contributed by atoms with Gasteiger partial charge in [0.15, 0.2) is 0 Å². The number of amides is 4. The first-order valence-electron chi connectivity index (χ1n) is 11.3. The van der Waals surface area contributed by atoms with Crippen LogP contribution >= 0.6 is 0 Å². The minimum atomic E-state index is -0.969. The maximum Gasteiger partial charge on any atom is 0.253 e. The molecule has 0 spiro atoms. The van der Waals surface area contributed by atoms with Crippen molar-refractivity contribution < 1.29 is 23.9 Å². The molecule has 1 aromatic carbocycles. The summed E-state index contributed by atoms with van der Waals surface area (Å²) in [5.41, 5.74) is 6.48. The minimum Gasteiger partial charge on any atom is -0.491 e. The average molecular weight is 475 g/mol. The smallest absolute Gasteiger partial charge is 0.253 e. The third-order valence-corrected chi connectivity index (χ3v) is 5.97. The van der Waals surface area contributed by atoms with Gasteiger partial charge in [0, 0.05) is 38.8 Å². The number of nitrogens with zero attached hydrogens (tertiary/aromatic N) is 4. The Labute approximate surface area is 199 Å². The van der Waals surface area contributed by atoms with Gasteiger partial charge in [-0.25, -0.2) is 0 Å². The van der Waals surface area contributed by atoms with Crippen molar-refractivity contribution in [3.8, 4) is 5.75 Å². The highest BCUT2D eigenvalue weighted by atomic mass is 16.5. The minimum absolute atomic E-state index is 0.00754. The second-order valence-electron chi connectivity index (χ2n) is 9.26. The number of ether oxygens (including phenoxy) is 1. The fourth-order valence-corrected chi connectivity index (χ4v) is 4.29. The van der Waals surface area contributed by atoms with Gasteiger partial charge < -0.3 is 35.4 Å². The second-order valence-corrected chi connectivity index (χ2v) is 9.26. The number of carbonyl (C=O) groups excluding carboxylic acids is 4. The summed E-state index contributed by atoms with van der Waals surface area (Å²) in [7, 11) is 6.71. The first-order chi connectivity index (χ1) is 16.0. The molecule has 0 saturated carbocycles. The third-order valence-electron chi connectivity index (χ3n) is 5.97. The van der Waals surface area contributed by atoms with Gasteiger partial charge in [-0.1, -0.05) is 6.07 Å². The fraction of sp³-hybridized carbons (Fsp3) is 0.565. The quantitative estimate of drug-likeness (QED) is 0.550. The van der Waals surface area contributed by atoms with Crippen molar-refractivity contribution in [3.63, 3.8) is 0 Å². The van der Waals surface area contributed by atoms with Gasteiger partial charge in [0.1, 0.15) is 18.4 Å². The lowest BCUT2D eigenvalue weighted by Gasteiger charge is -2.28. The van der Waals surface area contributed by atoms with Crippen molar-refractivity contribution in [2.24, 2.45) is 5.73 Å². The number of hydrogen-bond donors (Lipinski definition) is 2. The predicted octanol–water partition coefficient (Wildman–Crippen LogP) is -1.42. The van der Waals surface area contributed by atoms with Crippen molar-refractivity contribution in [2.45, 2.75) is 24.5 Å². The molecule has 1 fully saturated rings. The molecule has 3 atom stereocenters. The molecule has 2 aliphatic heterocycles. The highest BCUT2D eigenvalue weighted by molar-refractivity contribution is 5.95. The molecule has 2 aliphatic rings. The van der Waals surface area contributed by atoms with E-state index in [1.165, 1.54) is 16.8 Å². The van der Waals surface area contributed by atoms with E-state index in [4.69, 9.17) is 10.5 Å². The molecule has 1 aromatic rings. The molecule has 0 unspecified atom stereocenters. The predicted molar refractivity (Wildman–Crippen MR) is 125 cm³/mol. The Bertz CT molecular complexity index is 938. The van der Waals surface area contributed by atoms with Crippen LogP contribution in [0.1, 0.15) is 16.8 Å². The third kappa shape index (κ3) is 6.23. The normalized spacial score (nSPS) is 24.5. The fourth-order valence-electron chi connectivity index (χ4n) is 4.29. The molecule has 0 aliphatic carbocycles. The van der Waals surface area contributed by atoms with Crippen LogP contribution in [0.5, 0.6) is 5.75 Å². The summed E-state index contributed by atoms with van der Waals surface area (Å²) in [6, 6.07) is 5.27. The van der Waals surface area contributed by atoms with E-state index in [9.17, 15) is 19.2 Å². The summed E-state index contributed by atoms with van der Waals surface area (Å²) in [6.07, 6.45) is 0.517. The Morgan fingerprint density at radius 1 is 1.18 bits per heavy atom. The van der Waals surface area contributed by atoms with Crippen LogP contribution < -0.4 is 15.8 Å². The zero-order valence-electron chi connectivity index (χ0n) is 20.2. The molecule has 4 amide bonds. The molecule has 186 valence electrons. The van der Waals surface area contributed by atoms with Crippen molar-refractivity contribution in [1.82, 2.24) is 24.9 Å². The topological polar surface area (TPSA) is 129 Å². The first kappa shape index (κ1) is 25.4. The largest absolute Gasteiger partial charge is 0.491 e. The molecule has 2 bridgehead atoms. The summed E-state index contributed by atoms with van der Waals surface area (Å²) >= 11 is 0. The molecule has 1 saturated heterocycles. The summed E-state index contributed by atoms with van der Waals surface area (Å²) in [6.45, 7) is 0.605. The van der Waals surface area contributed by atoms with Gasteiger partial charge in [0.25, 0.3) is 5.91 Å². The lowest BCUT2D eigenvalue weighted by atomic mass is 10.1. The van der Waals surface area contributed by atoms with E-state index in [1.807, 2.05) is 14.1 Å². The van der Waals surface area contributed by atoms with E-state index < -0.39 is 11.9 Å². The van der Waals surface area contributed by atoms with Crippen molar-refractivity contribution in [1.29, 1.82) is 0 Å². The number of fused-ring (bicyclic) bond motifs is 3. The van der Waals surface area contributed by atoms with Gasteiger partial charge in [-0.05, 0) is 38.7 Å². The van der Waals surface area contributed by atoms with Crippen LogP contribution in [0.25, 0.3) is 0 Å². The van der Waals surface area contributed by atoms with Gasteiger partial charge in [-0.15, -0.1) is 0 Å². The van der Waals surface area contributed by atoms with E-state index >= 15 is 0 Å². The summed E-state index contributed by atoms with van der Waals surface area (Å²) < 4.78 is 5.96. The van der Waals surface area contributed by atoms with E-state index in [1.54, 1.807) is 41.1 Å². The SMILES string of the molecule is CN(C)CC(=O)N[C@H]1C[C@H]2COc3cccc(c3)C(=O)N(C)C[C@H](N)C(=O)N(C)CC(=O)N2C1. The zero-order chi connectivity index (χ0) is 25.0. The van der Waals surface area contributed by atoms with Crippen molar-refractivity contribution >= 4 is 23.6 Å². The van der Waals surface area contributed by atoms with Crippen molar-refractivity contribution in [2.75, 3.05) is 61.0 Å². The Kier molecular flexibility index (Phi) is 8.11. The van der Waals surface area contributed by atoms with E-state index in [0.717, 1.165) is 0 Å². The number of nitrogens with two attached hydrogens (primary N) is 1. The van der Waals surface area contributed by atoms with Crippen LogP contribution in [0.2, 0.25) is 0 Å². The number of benzene rings is 1. The molecule has 2 heterocycles. The van der Waals surface area contributed by atoms with E-state index in [2.05, 4.69) is 5.32 Å². The highest BCUT2D eigenvalue weighted by Gasteiger charge is 2.37. The summed E-state index contributed by atoms with van der Waals surface area (Å²) in [5, 5.41) is 2.97. The molecule has 3 N–H and O–H groups in total. The maximum atomic E-state index is 13.1. The van der Waals surface area contributed by atoms with Crippen LogP contribution in [-0.4, -0.2) is 122 Å². The van der Waals surface area contributed by atoms with Gasteiger partial charge in [-0.3, -0.25) is 19.2 Å². The molecule has 0 aromatic heterocycles. The standard InChI is InChI=1S/C23H34N6O5/c1-26(2)12-20(30)25-16-9-17-14-34-18-7-5-6-15(8-18)22(32)27(3)11-19(24)23(33)28(4)13-21(31)29(17)10-16/h5-8,16-17,19H,9-14,24H2,1-4H3,(H,25,30)/t16-,17-,19-/m0/s1. The lowest BCUT2D eigenvalue weighted by molar-refractivity contribution is -0.141. The van der Waals surface area contributed by atoms with Crippen LogP contribution in [0.4, 0.5) is 0 Å². The Morgan fingerprint density at radius 3 is 2.62 bits per heavy atom. The van der Waals surface area contributed by atoms with Gasteiger partial charge in [0.05, 0.1) is 19.1 Å². The Balaban J connectivity index is 1.84. The number of hydrogen-bond acceptors (Lipinski definition) is 7. The molecule has 3 rings (SSSR count). The van der Waals surface area contributed by atoms with Crippen LogP contribution in [0.3, 0.4) is 0 Å². The highest BCUT2D eigenvalue weighted by Crippen LogP contribution is 2.22. The zero-order valence-corrected chi connectivity index (χ0v) is 20.2. The van der Waals surface area contributed by atoms with Crippen LogP contribution in [0, 0.1) is 0 Å². The molecule has 34 heavy (non-hydrogen) atoms. The number of nitrogens with one attached hydrogen (secondary N) is 1. The lowest BCUT2D eigenvalue weighted by Crippen LogP contribution is -2.52.